The molecule has 6 nitrogen and oxygen atoms in total. The van der Waals surface area contributed by atoms with E-state index < -0.39 is 11.9 Å². The molecule has 0 aliphatic heterocycles. The largest absolute Gasteiger partial charge is 0.516 e. The van der Waals surface area contributed by atoms with Gasteiger partial charge in [-0.05, 0) is 12.1 Å². The number of benzene rings is 1. The maximum Gasteiger partial charge on any atom is 0.345 e. The number of esters is 2. The van der Waals surface area contributed by atoms with Crippen LogP contribution in [0.5, 0.6) is 11.5 Å². The summed E-state index contributed by atoms with van der Waals surface area (Å²) >= 11 is 0. The first-order chi connectivity index (χ1) is 8.86. The number of ether oxygens (including phenoxy) is 2. The molecule has 0 N–H and O–H groups in total. The fraction of sp³-hybridized carbons (Fsp3) is 0.250. The van der Waals surface area contributed by atoms with Crippen LogP contribution in [-0.4, -0.2) is 28.4 Å². The Morgan fingerprint density at radius 1 is 0.842 bits per heavy atom. The molecule has 0 fully saturated rings. The fourth-order valence-electron chi connectivity index (χ4n) is 0.928. The molecule has 19 heavy (non-hydrogen) atoms. The lowest BCUT2D eigenvalue weighted by Gasteiger charge is -2.06. The van der Waals surface area contributed by atoms with Gasteiger partial charge in [-0.25, -0.2) is 0 Å². The Hall–Kier alpha value is -2.15. The summed E-state index contributed by atoms with van der Waals surface area (Å²) in [6.45, 7) is 3.88. The van der Waals surface area contributed by atoms with Crippen molar-refractivity contribution in [1.29, 1.82) is 0 Å². The van der Waals surface area contributed by atoms with Gasteiger partial charge in [0.25, 0.3) is 5.97 Å². The molecule has 0 amide bonds. The van der Waals surface area contributed by atoms with Crippen LogP contribution in [-0.2, 0) is 18.8 Å². The number of carbonyl (C=O) groups is 3. The van der Waals surface area contributed by atoms with Crippen molar-refractivity contribution in [1.82, 2.24) is 0 Å². The molecule has 0 atom stereocenters. The number of hydrogen-bond donors (Lipinski definition) is 0. The highest BCUT2D eigenvalue weighted by Gasteiger charge is 2.07. The second-order valence-electron chi connectivity index (χ2n) is 3.23. The van der Waals surface area contributed by atoms with Gasteiger partial charge in [0, 0.05) is 20.8 Å². The summed E-state index contributed by atoms with van der Waals surface area (Å²) in [5.41, 5.74) is 0. The summed E-state index contributed by atoms with van der Waals surface area (Å²) in [6.07, 6.45) is 0. The van der Waals surface area contributed by atoms with Crippen LogP contribution >= 0.6 is 0 Å². The van der Waals surface area contributed by atoms with E-state index in [1.807, 2.05) is 0 Å². The highest BCUT2D eigenvalue weighted by Crippen LogP contribution is 2.26. The molecule has 0 aliphatic rings. The van der Waals surface area contributed by atoms with Crippen molar-refractivity contribution in [2.75, 3.05) is 0 Å². The molecule has 0 aliphatic carbocycles. The first-order valence-electron chi connectivity index (χ1n) is 5.16. The highest BCUT2D eigenvalue weighted by atomic mass is 28.2. The van der Waals surface area contributed by atoms with Crippen molar-refractivity contribution in [3.8, 4) is 11.5 Å². The average molecular weight is 281 g/mol. The van der Waals surface area contributed by atoms with Crippen molar-refractivity contribution in [2.24, 2.45) is 0 Å². The van der Waals surface area contributed by atoms with E-state index in [2.05, 4.69) is 14.9 Å². The lowest BCUT2D eigenvalue weighted by atomic mass is 10.3. The van der Waals surface area contributed by atoms with Gasteiger partial charge in [-0.1, -0.05) is 12.1 Å². The molecule has 0 heterocycles. The molecule has 0 spiro atoms. The summed E-state index contributed by atoms with van der Waals surface area (Å²) in [4.78, 5) is 30.9. The molecule has 0 saturated heterocycles. The normalized spacial score (nSPS) is 8.63. The molecule has 0 bridgehead atoms. The lowest BCUT2D eigenvalue weighted by Crippen LogP contribution is -2.06. The van der Waals surface area contributed by atoms with Crippen molar-refractivity contribution >= 4 is 28.4 Å². The quantitative estimate of drug-likeness (QED) is 0.460. The van der Waals surface area contributed by atoms with Gasteiger partial charge in [0.05, 0.1) is 0 Å². The Kier molecular flexibility index (Phi) is 7.86. The topological polar surface area (TPSA) is 78.9 Å². The van der Waals surface area contributed by atoms with Crippen LogP contribution in [0.25, 0.3) is 0 Å². The maximum absolute atomic E-state index is 10.7. The lowest BCUT2D eigenvalue weighted by molar-refractivity contribution is -0.134. The van der Waals surface area contributed by atoms with E-state index in [4.69, 9.17) is 9.47 Å². The molecule has 3 radical (unpaired) electrons. The Labute approximate surface area is 114 Å². The zero-order chi connectivity index (χ0) is 14.8. The van der Waals surface area contributed by atoms with E-state index in [0.29, 0.717) is 0 Å². The first-order valence-corrected chi connectivity index (χ1v) is 5.57. The van der Waals surface area contributed by atoms with Crippen molar-refractivity contribution < 1.29 is 28.3 Å². The number of hydrogen-bond acceptors (Lipinski definition) is 6. The summed E-state index contributed by atoms with van der Waals surface area (Å²) in [7, 11) is 2.51. The van der Waals surface area contributed by atoms with Crippen molar-refractivity contribution in [2.45, 2.75) is 20.8 Å². The van der Waals surface area contributed by atoms with E-state index in [9.17, 15) is 14.4 Å². The van der Waals surface area contributed by atoms with Gasteiger partial charge in [0.2, 0.25) is 0 Å². The number of rotatable bonds is 2. The van der Waals surface area contributed by atoms with Crippen LogP contribution in [0.4, 0.5) is 0 Å². The van der Waals surface area contributed by atoms with Crippen LogP contribution in [0.15, 0.2) is 24.3 Å². The van der Waals surface area contributed by atoms with Gasteiger partial charge >= 0.3 is 22.4 Å². The number of carbonyl (C=O) groups excluding carboxylic acids is 3. The second kappa shape index (κ2) is 8.87. The zero-order valence-corrected chi connectivity index (χ0v) is 11.8. The monoisotopic (exact) mass is 281 g/mol. The van der Waals surface area contributed by atoms with Crippen molar-refractivity contribution in [3.63, 3.8) is 0 Å². The van der Waals surface area contributed by atoms with Gasteiger partial charge < -0.3 is 13.9 Å². The summed E-state index contributed by atoms with van der Waals surface area (Å²) in [5.74, 6) is -0.749. The van der Waals surface area contributed by atoms with E-state index in [-0.39, 0.29) is 17.5 Å². The van der Waals surface area contributed by atoms with Crippen LogP contribution in [0.3, 0.4) is 0 Å². The van der Waals surface area contributed by atoms with Gasteiger partial charge in [-0.15, -0.1) is 0 Å². The predicted molar refractivity (Wildman–Crippen MR) is 66.6 cm³/mol. The van der Waals surface area contributed by atoms with E-state index in [1.54, 1.807) is 24.3 Å². The highest BCUT2D eigenvalue weighted by molar-refractivity contribution is 6.04. The Bertz CT molecular complexity index is 422. The van der Waals surface area contributed by atoms with Crippen LogP contribution < -0.4 is 9.47 Å². The molecule has 0 aromatic heterocycles. The summed E-state index contributed by atoms with van der Waals surface area (Å²) < 4.78 is 13.6. The molecule has 7 heteroatoms. The molecule has 101 valence electrons. The second-order valence-corrected chi connectivity index (χ2v) is 3.43. The molecular weight excluding hydrogens is 268 g/mol. The third kappa shape index (κ3) is 8.55. The molecule has 1 aromatic carbocycles. The summed E-state index contributed by atoms with van der Waals surface area (Å²) in [5, 5.41) is 0. The third-order valence-corrected chi connectivity index (χ3v) is 1.79. The van der Waals surface area contributed by atoms with E-state index in [0.717, 1.165) is 0 Å². The predicted octanol–water partition coefficient (Wildman–Crippen LogP) is 1.17. The van der Waals surface area contributed by atoms with Gasteiger partial charge in [0.1, 0.15) is 0 Å². The third-order valence-electron chi connectivity index (χ3n) is 1.50. The fourth-order valence-corrected chi connectivity index (χ4v) is 0.928. The smallest absolute Gasteiger partial charge is 0.345 e. The minimum absolute atomic E-state index is 0.246. The van der Waals surface area contributed by atoms with E-state index in [1.165, 1.54) is 20.8 Å². The Morgan fingerprint density at radius 3 is 1.37 bits per heavy atom. The standard InChI is InChI=1S/C10H10O4.C2H3O2Si/c1-7(11)13-9-5-3-4-6-10(9)14-8(2)12;1-2(3)4-5/h3-6H,1-2H3;1H3. The molecule has 1 aromatic rings. The summed E-state index contributed by atoms with van der Waals surface area (Å²) in [6, 6.07) is 6.48. The van der Waals surface area contributed by atoms with Crippen molar-refractivity contribution in [3.05, 3.63) is 24.3 Å². The SMILES string of the molecule is CC(=O)O[Si].CC(=O)Oc1ccccc1OC(C)=O. The Morgan fingerprint density at radius 2 is 1.16 bits per heavy atom. The molecule has 1 rings (SSSR count). The van der Waals surface area contributed by atoms with Gasteiger partial charge in [-0.2, -0.15) is 0 Å². The minimum atomic E-state index is -0.454. The maximum atomic E-state index is 10.7. The molecular formula is C12H13O6Si. The van der Waals surface area contributed by atoms with Crippen LogP contribution in [0.1, 0.15) is 20.8 Å². The average Bonchev–Trinajstić information content (AvgIpc) is 2.31. The van der Waals surface area contributed by atoms with Crippen LogP contribution in [0.2, 0.25) is 0 Å². The zero-order valence-electron chi connectivity index (χ0n) is 10.8. The number of para-hydroxylation sites is 2. The van der Waals surface area contributed by atoms with Gasteiger partial charge in [0.15, 0.2) is 11.5 Å². The first kappa shape index (κ1) is 16.8. The van der Waals surface area contributed by atoms with Crippen LogP contribution in [0, 0.1) is 0 Å². The minimum Gasteiger partial charge on any atom is -0.516 e. The van der Waals surface area contributed by atoms with E-state index >= 15 is 0 Å². The van der Waals surface area contributed by atoms with Gasteiger partial charge in [-0.3, -0.25) is 14.4 Å². The molecule has 0 unspecified atom stereocenters. The Balaban J connectivity index is 0.000000555. The molecule has 0 saturated carbocycles.